The Kier molecular flexibility index (Phi) is 5.66. The first-order valence-corrected chi connectivity index (χ1v) is 8.40. The molecule has 1 aromatic heterocycles. The van der Waals surface area contributed by atoms with Gasteiger partial charge in [-0.1, -0.05) is 12.1 Å². The van der Waals surface area contributed by atoms with Crippen LogP contribution in [0.15, 0.2) is 66.9 Å². The Balaban J connectivity index is 1.75. The summed E-state index contributed by atoms with van der Waals surface area (Å²) in [4.78, 5) is 16.8. The minimum Gasteiger partial charge on any atom is -0.497 e. The summed E-state index contributed by atoms with van der Waals surface area (Å²) in [5, 5.41) is 2.93. The fraction of sp³-hybridized carbons (Fsp3) is 0.143. The van der Waals surface area contributed by atoms with Crippen LogP contribution >= 0.6 is 0 Å². The minimum atomic E-state index is -0.366. The summed E-state index contributed by atoms with van der Waals surface area (Å²) in [6.45, 7) is 1.89. The number of pyridine rings is 1. The van der Waals surface area contributed by atoms with Crippen LogP contribution in [0.4, 0.5) is 4.39 Å². The number of carbonyl (C=O) groups excluding carboxylic acids is 1. The molecule has 2 aromatic carbocycles. The van der Waals surface area contributed by atoms with Gasteiger partial charge in [-0.25, -0.2) is 9.37 Å². The Morgan fingerprint density at radius 1 is 1.04 bits per heavy atom. The summed E-state index contributed by atoms with van der Waals surface area (Å²) >= 11 is 0. The number of hydrogen-bond donors (Lipinski definition) is 1. The lowest BCUT2D eigenvalue weighted by molar-refractivity contribution is 0.0937. The van der Waals surface area contributed by atoms with Crippen LogP contribution in [0.2, 0.25) is 0 Å². The number of rotatable bonds is 6. The monoisotopic (exact) mass is 366 g/mol. The van der Waals surface area contributed by atoms with Crippen LogP contribution in [0.1, 0.15) is 28.9 Å². The van der Waals surface area contributed by atoms with E-state index in [2.05, 4.69) is 10.3 Å². The van der Waals surface area contributed by atoms with Gasteiger partial charge in [-0.2, -0.15) is 0 Å². The van der Waals surface area contributed by atoms with E-state index >= 15 is 0 Å². The molecule has 1 amide bonds. The van der Waals surface area contributed by atoms with Gasteiger partial charge in [0.25, 0.3) is 5.91 Å². The van der Waals surface area contributed by atoms with Crippen LogP contribution in [0.3, 0.4) is 0 Å². The molecule has 1 atom stereocenters. The van der Waals surface area contributed by atoms with Crippen LogP contribution in [-0.2, 0) is 0 Å². The molecular formula is C21H19FN2O3. The van der Waals surface area contributed by atoms with Crippen molar-refractivity contribution in [3.8, 4) is 17.4 Å². The van der Waals surface area contributed by atoms with Crippen LogP contribution in [0, 0.1) is 5.82 Å². The van der Waals surface area contributed by atoms with Gasteiger partial charge in [0.1, 0.15) is 22.9 Å². The Labute approximate surface area is 156 Å². The fourth-order valence-electron chi connectivity index (χ4n) is 2.51. The van der Waals surface area contributed by atoms with Gasteiger partial charge in [-0.15, -0.1) is 0 Å². The van der Waals surface area contributed by atoms with Gasteiger partial charge in [0, 0.05) is 6.20 Å². The predicted octanol–water partition coefficient (Wildman–Crippen LogP) is 4.51. The molecule has 0 aliphatic heterocycles. The van der Waals surface area contributed by atoms with Gasteiger partial charge in [-0.05, 0) is 61.0 Å². The van der Waals surface area contributed by atoms with E-state index in [0.29, 0.717) is 11.3 Å². The first-order chi connectivity index (χ1) is 13.1. The highest BCUT2D eigenvalue weighted by atomic mass is 19.1. The van der Waals surface area contributed by atoms with E-state index in [1.807, 2.05) is 31.2 Å². The van der Waals surface area contributed by atoms with Crippen molar-refractivity contribution >= 4 is 5.91 Å². The summed E-state index contributed by atoms with van der Waals surface area (Å²) in [7, 11) is 1.60. The number of hydrogen-bond acceptors (Lipinski definition) is 4. The summed E-state index contributed by atoms with van der Waals surface area (Å²) in [5.41, 5.74) is 1.23. The number of halogens is 1. The van der Waals surface area contributed by atoms with Crippen LogP contribution < -0.4 is 14.8 Å². The van der Waals surface area contributed by atoms with E-state index in [0.717, 1.165) is 11.3 Å². The number of carbonyl (C=O) groups is 1. The largest absolute Gasteiger partial charge is 0.497 e. The molecule has 1 heterocycles. The SMILES string of the molecule is COc1ccc([C@@H](C)NC(=O)c2cccnc2Oc2ccc(F)cc2)cc1. The molecule has 0 saturated carbocycles. The lowest BCUT2D eigenvalue weighted by Crippen LogP contribution is -2.27. The van der Waals surface area contributed by atoms with Crippen molar-refractivity contribution < 1.29 is 18.7 Å². The maximum absolute atomic E-state index is 13.0. The summed E-state index contributed by atoms with van der Waals surface area (Å²) in [5.74, 6) is 0.619. The number of amides is 1. The van der Waals surface area contributed by atoms with Gasteiger partial charge in [0.2, 0.25) is 5.88 Å². The highest BCUT2D eigenvalue weighted by Gasteiger charge is 2.17. The van der Waals surface area contributed by atoms with Crippen LogP contribution in [0.5, 0.6) is 17.4 Å². The normalized spacial score (nSPS) is 11.5. The molecule has 6 heteroatoms. The summed E-state index contributed by atoms with van der Waals surface area (Å²) in [6, 6.07) is 16.0. The summed E-state index contributed by atoms with van der Waals surface area (Å²) in [6.07, 6.45) is 1.53. The number of nitrogens with one attached hydrogen (secondary N) is 1. The number of ether oxygens (including phenoxy) is 2. The zero-order chi connectivity index (χ0) is 19.2. The average Bonchev–Trinajstić information content (AvgIpc) is 2.70. The first kappa shape index (κ1) is 18.4. The third-order valence-electron chi connectivity index (χ3n) is 4.01. The molecule has 0 aliphatic carbocycles. The van der Waals surface area contributed by atoms with Gasteiger partial charge >= 0.3 is 0 Å². The van der Waals surface area contributed by atoms with Crippen LogP contribution in [0.25, 0.3) is 0 Å². The number of benzene rings is 2. The van der Waals surface area contributed by atoms with E-state index in [4.69, 9.17) is 9.47 Å². The molecule has 27 heavy (non-hydrogen) atoms. The molecule has 3 rings (SSSR count). The molecule has 0 spiro atoms. The molecule has 0 unspecified atom stereocenters. The van der Waals surface area contributed by atoms with Gasteiger partial charge in [0.05, 0.1) is 13.2 Å². The molecular weight excluding hydrogens is 347 g/mol. The van der Waals surface area contributed by atoms with Gasteiger partial charge in [0.15, 0.2) is 0 Å². The van der Waals surface area contributed by atoms with E-state index in [-0.39, 0.29) is 23.6 Å². The molecule has 138 valence electrons. The Bertz CT molecular complexity index is 911. The van der Waals surface area contributed by atoms with Crippen molar-refractivity contribution in [1.82, 2.24) is 10.3 Å². The number of nitrogens with zero attached hydrogens (tertiary/aromatic N) is 1. The fourth-order valence-corrected chi connectivity index (χ4v) is 2.51. The second-order valence-corrected chi connectivity index (χ2v) is 5.88. The topological polar surface area (TPSA) is 60.5 Å². The molecule has 0 bridgehead atoms. The highest BCUT2D eigenvalue weighted by Crippen LogP contribution is 2.24. The molecule has 0 radical (unpaired) electrons. The second kappa shape index (κ2) is 8.31. The quantitative estimate of drug-likeness (QED) is 0.697. The van der Waals surface area contributed by atoms with E-state index in [1.54, 1.807) is 19.2 Å². The molecule has 0 saturated heterocycles. The van der Waals surface area contributed by atoms with Crippen molar-refractivity contribution in [2.75, 3.05) is 7.11 Å². The zero-order valence-electron chi connectivity index (χ0n) is 15.0. The highest BCUT2D eigenvalue weighted by molar-refractivity contribution is 5.96. The third-order valence-corrected chi connectivity index (χ3v) is 4.01. The molecule has 0 fully saturated rings. The summed E-state index contributed by atoms with van der Waals surface area (Å²) < 4.78 is 23.8. The predicted molar refractivity (Wildman–Crippen MR) is 99.6 cm³/mol. The Morgan fingerprint density at radius 2 is 1.70 bits per heavy atom. The number of methoxy groups -OCH3 is 1. The van der Waals surface area contributed by atoms with E-state index in [9.17, 15) is 9.18 Å². The minimum absolute atomic E-state index is 0.156. The molecule has 5 nitrogen and oxygen atoms in total. The number of aromatic nitrogens is 1. The van der Waals surface area contributed by atoms with Crippen LogP contribution in [-0.4, -0.2) is 18.0 Å². The lowest BCUT2D eigenvalue weighted by atomic mass is 10.1. The molecule has 3 aromatic rings. The van der Waals surface area contributed by atoms with E-state index < -0.39 is 0 Å². The van der Waals surface area contributed by atoms with Crippen molar-refractivity contribution in [2.24, 2.45) is 0 Å². The maximum atomic E-state index is 13.0. The smallest absolute Gasteiger partial charge is 0.257 e. The van der Waals surface area contributed by atoms with Crippen molar-refractivity contribution in [3.63, 3.8) is 0 Å². The lowest BCUT2D eigenvalue weighted by Gasteiger charge is -2.16. The van der Waals surface area contributed by atoms with Crippen molar-refractivity contribution in [3.05, 3.63) is 83.8 Å². The third kappa shape index (κ3) is 4.61. The van der Waals surface area contributed by atoms with Gasteiger partial charge in [-0.3, -0.25) is 4.79 Å². The van der Waals surface area contributed by atoms with Crippen molar-refractivity contribution in [2.45, 2.75) is 13.0 Å². The standard InChI is InChI=1S/C21H19FN2O3/c1-14(15-5-9-17(26-2)10-6-15)24-20(25)19-4-3-13-23-21(19)27-18-11-7-16(22)8-12-18/h3-14H,1-2H3,(H,24,25)/t14-/m1/s1. The Morgan fingerprint density at radius 3 is 2.37 bits per heavy atom. The maximum Gasteiger partial charge on any atom is 0.257 e. The van der Waals surface area contributed by atoms with Crippen molar-refractivity contribution in [1.29, 1.82) is 0 Å². The Hall–Kier alpha value is -3.41. The van der Waals surface area contributed by atoms with E-state index in [1.165, 1.54) is 30.5 Å². The molecule has 1 N–H and O–H groups in total. The zero-order valence-corrected chi connectivity index (χ0v) is 15.0. The second-order valence-electron chi connectivity index (χ2n) is 5.88. The molecule has 0 aliphatic rings. The average molecular weight is 366 g/mol. The first-order valence-electron chi connectivity index (χ1n) is 8.40. The van der Waals surface area contributed by atoms with Gasteiger partial charge < -0.3 is 14.8 Å².